The normalized spacial score (nSPS) is 15.0. The molecular formula is C28H35ClN2O3. The quantitative estimate of drug-likeness (QED) is 0.420. The third-order valence-electron chi connectivity index (χ3n) is 6.96. The van der Waals surface area contributed by atoms with Gasteiger partial charge in [0.1, 0.15) is 0 Å². The van der Waals surface area contributed by atoms with Crippen molar-refractivity contribution >= 4 is 29.1 Å². The van der Waals surface area contributed by atoms with Crippen molar-refractivity contribution in [3.05, 3.63) is 71.3 Å². The molecule has 1 aliphatic rings. The minimum atomic E-state index is 0. The maximum Gasteiger partial charge on any atom is 0.255 e. The number of methoxy groups -OCH3 is 2. The molecule has 1 aliphatic heterocycles. The highest BCUT2D eigenvalue weighted by Gasteiger charge is 2.33. The van der Waals surface area contributed by atoms with E-state index in [0.717, 1.165) is 24.8 Å². The molecule has 5 nitrogen and oxygen atoms in total. The number of nitrogens with zero attached hydrogens (tertiary/aromatic N) is 2. The molecule has 2 atom stereocenters. The summed E-state index contributed by atoms with van der Waals surface area (Å²) in [5.41, 5.74) is 3.05. The Bertz CT molecular complexity index is 1150. The molecule has 1 heterocycles. The van der Waals surface area contributed by atoms with Gasteiger partial charge in [-0.2, -0.15) is 0 Å². The highest BCUT2D eigenvalue weighted by atomic mass is 35.5. The molecule has 0 radical (unpaired) electrons. The fraction of sp³-hybridized carbons (Fsp3) is 0.393. The maximum absolute atomic E-state index is 13.5. The molecule has 6 heteroatoms. The van der Waals surface area contributed by atoms with Crippen molar-refractivity contribution in [1.82, 2.24) is 9.80 Å². The van der Waals surface area contributed by atoms with Crippen LogP contribution in [0.15, 0.2) is 54.6 Å². The number of likely N-dealkylation sites (N-methyl/N-ethyl adjacent to an activating group) is 1. The zero-order chi connectivity index (χ0) is 23.5. The zero-order valence-corrected chi connectivity index (χ0v) is 21.5. The van der Waals surface area contributed by atoms with Gasteiger partial charge >= 0.3 is 0 Å². The van der Waals surface area contributed by atoms with Crippen LogP contribution in [0.5, 0.6) is 11.5 Å². The van der Waals surface area contributed by atoms with E-state index in [2.05, 4.69) is 68.3 Å². The van der Waals surface area contributed by atoms with Crippen LogP contribution in [0, 0.1) is 0 Å². The van der Waals surface area contributed by atoms with Gasteiger partial charge in [0.2, 0.25) is 0 Å². The summed E-state index contributed by atoms with van der Waals surface area (Å²) in [6.07, 6.45) is 2.65. The topological polar surface area (TPSA) is 42.0 Å². The van der Waals surface area contributed by atoms with Gasteiger partial charge in [0.05, 0.1) is 20.4 Å². The average Bonchev–Trinajstić information content (AvgIpc) is 2.84. The van der Waals surface area contributed by atoms with Crippen LogP contribution in [0.4, 0.5) is 0 Å². The highest BCUT2D eigenvalue weighted by Crippen LogP contribution is 2.34. The predicted molar refractivity (Wildman–Crippen MR) is 140 cm³/mol. The van der Waals surface area contributed by atoms with Gasteiger partial charge in [-0.25, -0.2) is 0 Å². The zero-order valence-electron chi connectivity index (χ0n) is 20.7. The first-order valence-electron chi connectivity index (χ1n) is 11.7. The van der Waals surface area contributed by atoms with Crippen LogP contribution in [-0.2, 0) is 12.8 Å². The van der Waals surface area contributed by atoms with E-state index in [4.69, 9.17) is 9.47 Å². The molecular weight excluding hydrogens is 448 g/mol. The van der Waals surface area contributed by atoms with Gasteiger partial charge in [-0.3, -0.25) is 9.69 Å². The van der Waals surface area contributed by atoms with E-state index in [1.165, 1.54) is 16.3 Å². The molecule has 34 heavy (non-hydrogen) atoms. The van der Waals surface area contributed by atoms with E-state index in [1.807, 2.05) is 17.0 Å². The van der Waals surface area contributed by atoms with E-state index >= 15 is 0 Å². The van der Waals surface area contributed by atoms with Crippen LogP contribution in [0.1, 0.15) is 41.8 Å². The predicted octanol–water partition coefficient (Wildman–Crippen LogP) is 5.58. The summed E-state index contributed by atoms with van der Waals surface area (Å²) in [7, 11) is 5.36. The Morgan fingerprint density at radius 3 is 2.35 bits per heavy atom. The lowest BCUT2D eigenvalue weighted by molar-refractivity contribution is 0.0238. The monoisotopic (exact) mass is 482 g/mol. The fourth-order valence-corrected chi connectivity index (χ4v) is 4.98. The largest absolute Gasteiger partial charge is 0.493 e. The fourth-order valence-electron chi connectivity index (χ4n) is 4.98. The molecule has 0 spiro atoms. The van der Waals surface area contributed by atoms with E-state index in [-0.39, 0.29) is 30.5 Å². The lowest BCUT2D eigenvalue weighted by atomic mass is 9.96. The Morgan fingerprint density at radius 2 is 1.68 bits per heavy atom. The Kier molecular flexibility index (Phi) is 8.45. The highest BCUT2D eigenvalue weighted by molar-refractivity contribution is 5.97. The van der Waals surface area contributed by atoms with Crippen molar-refractivity contribution in [3.63, 3.8) is 0 Å². The molecule has 0 saturated carbocycles. The van der Waals surface area contributed by atoms with Crippen LogP contribution in [0.25, 0.3) is 10.8 Å². The van der Waals surface area contributed by atoms with Crippen molar-refractivity contribution in [2.45, 2.75) is 45.3 Å². The van der Waals surface area contributed by atoms with Crippen LogP contribution >= 0.6 is 12.4 Å². The summed E-state index contributed by atoms with van der Waals surface area (Å²) in [6.45, 7) is 5.10. The first kappa shape index (κ1) is 25.9. The van der Waals surface area contributed by atoms with Crippen molar-refractivity contribution in [1.29, 1.82) is 0 Å². The first-order chi connectivity index (χ1) is 16.0. The SMILES string of the molecule is CCC(N1CCc2cc(OC)c(OC)cc2C1=O)N(C)C(C)Cc1ccc2ccccc2c1.Cl. The lowest BCUT2D eigenvalue weighted by Gasteiger charge is -2.42. The average molecular weight is 483 g/mol. The second-order valence-electron chi connectivity index (χ2n) is 8.90. The molecule has 0 aromatic heterocycles. The number of carbonyl (C=O) groups excluding carboxylic acids is 1. The summed E-state index contributed by atoms with van der Waals surface area (Å²) in [5.74, 6) is 1.33. The molecule has 182 valence electrons. The summed E-state index contributed by atoms with van der Waals surface area (Å²) in [5, 5.41) is 2.53. The van der Waals surface area contributed by atoms with Crippen molar-refractivity contribution in [2.24, 2.45) is 0 Å². The van der Waals surface area contributed by atoms with Crippen LogP contribution in [0.3, 0.4) is 0 Å². The molecule has 0 aliphatic carbocycles. The molecule has 0 saturated heterocycles. The Hall–Kier alpha value is -2.76. The summed E-state index contributed by atoms with van der Waals surface area (Å²) in [6, 6.07) is 19.2. The number of carbonyl (C=O) groups is 1. The van der Waals surface area contributed by atoms with Crippen molar-refractivity contribution in [2.75, 3.05) is 27.8 Å². The van der Waals surface area contributed by atoms with E-state index in [0.29, 0.717) is 23.6 Å². The van der Waals surface area contributed by atoms with E-state index in [1.54, 1.807) is 14.2 Å². The second-order valence-corrected chi connectivity index (χ2v) is 8.90. The molecule has 3 aromatic carbocycles. The number of fused-ring (bicyclic) bond motifs is 2. The molecule has 1 amide bonds. The van der Waals surface area contributed by atoms with Gasteiger partial charge in [0.15, 0.2) is 11.5 Å². The third-order valence-corrected chi connectivity index (χ3v) is 6.96. The van der Waals surface area contributed by atoms with Crippen LogP contribution in [0.2, 0.25) is 0 Å². The number of halogens is 1. The number of benzene rings is 3. The standard InChI is InChI=1S/C28H34N2O3.ClH/c1-6-27(29(3)19(2)15-20-11-12-21-9-7-8-10-22(21)16-20)30-14-13-23-17-25(32-4)26(33-5)18-24(23)28(30)31;/h7-12,16-19,27H,6,13-15H2,1-5H3;1H. The van der Waals surface area contributed by atoms with Crippen molar-refractivity contribution in [3.8, 4) is 11.5 Å². The van der Waals surface area contributed by atoms with Crippen molar-refractivity contribution < 1.29 is 14.3 Å². The molecule has 0 fully saturated rings. The third kappa shape index (κ3) is 5.01. The summed E-state index contributed by atoms with van der Waals surface area (Å²) < 4.78 is 10.9. The number of hydrogen-bond donors (Lipinski definition) is 0. The molecule has 0 N–H and O–H groups in total. The molecule has 2 unspecified atom stereocenters. The van der Waals surface area contributed by atoms with Gasteiger partial charge in [-0.15, -0.1) is 12.4 Å². The maximum atomic E-state index is 13.5. The second kappa shape index (κ2) is 11.1. The first-order valence-corrected chi connectivity index (χ1v) is 11.7. The van der Waals surface area contributed by atoms with Gasteiger partial charge < -0.3 is 14.4 Å². The van der Waals surface area contributed by atoms with Crippen LogP contribution < -0.4 is 9.47 Å². The Morgan fingerprint density at radius 1 is 1.00 bits per heavy atom. The van der Waals surface area contributed by atoms with Crippen LogP contribution in [-0.4, -0.2) is 55.7 Å². The lowest BCUT2D eigenvalue weighted by Crippen LogP contribution is -2.54. The van der Waals surface area contributed by atoms with Gasteiger partial charge in [-0.05, 0) is 67.3 Å². The number of rotatable bonds is 8. The number of amides is 1. The van der Waals surface area contributed by atoms with Gasteiger partial charge in [0.25, 0.3) is 5.91 Å². The molecule has 3 aromatic rings. The van der Waals surface area contributed by atoms with Gasteiger partial charge in [0, 0.05) is 18.2 Å². The minimum absolute atomic E-state index is 0. The smallest absolute Gasteiger partial charge is 0.255 e. The summed E-state index contributed by atoms with van der Waals surface area (Å²) >= 11 is 0. The van der Waals surface area contributed by atoms with Gasteiger partial charge in [-0.1, -0.05) is 49.4 Å². The Labute approximate surface area is 209 Å². The van der Waals surface area contributed by atoms with E-state index < -0.39 is 0 Å². The van der Waals surface area contributed by atoms with E-state index in [9.17, 15) is 4.79 Å². The summed E-state index contributed by atoms with van der Waals surface area (Å²) in [4.78, 5) is 17.9. The molecule has 4 rings (SSSR count). The number of ether oxygens (including phenoxy) is 2. The molecule has 0 bridgehead atoms. The Balaban J connectivity index is 0.00000324. The number of hydrogen-bond acceptors (Lipinski definition) is 4. The minimum Gasteiger partial charge on any atom is -0.493 e.